The highest BCUT2D eigenvalue weighted by molar-refractivity contribution is 7.16. The molecular formula is C13H15N3OS. The number of benzene rings is 1. The highest BCUT2D eigenvalue weighted by atomic mass is 32.1. The molecule has 0 saturated heterocycles. The second-order valence-corrected chi connectivity index (χ2v) is 5.54. The van der Waals surface area contributed by atoms with Gasteiger partial charge < -0.3 is 10.6 Å². The van der Waals surface area contributed by atoms with Crippen molar-refractivity contribution in [2.75, 3.05) is 18.4 Å². The summed E-state index contributed by atoms with van der Waals surface area (Å²) in [6.45, 7) is 1.34. The molecule has 3 rings (SSSR count). The first-order valence-corrected chi connectivity index (χ1v) is 7.03. The summed E-state index contributed by atoms with van der Waals surface area (Å²) < 4.78 is 1.14. The first kappa shape index (κ1) is 11.6. The normalized spacial score (nSPS) is 14.9. The van der Waals surface area contributed by atoms with Crippen LogP contribution < -0.4 is 10.6 Å². The summed E-state index contributed by atoms with van der Waals surface area (Å²) in [6, 6.07) is 5.81. The predicted molar refractivity (Wildman–Crippen MR) is 73.8 cm³/mol. The van der Waals surface area contributed by atoms with Crippen molar-refractivity contribution in [1.29, 1.82) is 0 Å². The highest BCUT2D eigenvalue weighted by Crippen LogP contribution is 2.27. The van der Waals surface area contributed by atoms with E-state index in [0.717, 1.165) is 28.4 Å². The zero-order valence-corrected chi connectivity index (χ0v) is 10.8. The maximum absolute atomic E-state index is 11.7. The highest BCUT2D eigenvalue weighted by Gasteiger charge is 2.20. The number of thiazole rings is 1. The van der Waals surface area contributed by atoms with E-state index < -0.39 is 0 Å². The minimum Gasteiger partial charge on any atom is -0.325 e. The summed E-state index contributed by atoms with van der Waals surface area (Å²) >= 11 is 1.60. The van der Waals surface area contributed by atoms with Gasteiger partial charge in [0.15, 0.2) is 0 Å². The number of hydrogen-bond acceptors (Lipinski definition) is 4. The summed E-state index contributed by atoms with van der Waals surface area (Å²) in [5, 5.41) is 6.06. The molecule has 0 atom stereocenters. The second-order valence-electron chi connectivity index (χ2n) is 4.66. The summed E-state index contributed by atoms with van der Waals surface area (Å²) in [5.74, 6) is 0.800. The molecule has 4 nitrogen and oxygen atoms in total. The van der Waals surface area contributed by atoms with E-state index in [1.165, 1.54) is 12.8 Å². The Morgan fingerprint density at radius 2 is 2.33 bits per heavy atom. The molecule has 0 unspecified atom stereocenters. The fourth-order valence-corrected chi connectivity index (χ4v) is 2.51. The average Bonchev–Trinajstić information content (AvgIpc) is 3.06. The third-order valence-electron chi connectivity index (χ3n) is 3.03. The second kappa shape index (κ2) is 5.04. The fraction of sp³-hybridized carbons (Fsp3) is 0.385. The number of rotatable bonds is 5. The van der Waals surface area contributed by atoms with Crippen LogP contribution in [-0.2, 0) is 4.79 Å². The molecule has 0 bridgehead atoms. The summed E-state index contributed by atoms with van der Waals surface area (Å²) in [6.07, 6.45) is 2.60. The smallest absolute Gasteiger partial charge is 0.238 e. The van der Waals surface area contributed by atoms with Gasteiger partial charge in [-0.05, 0) is 43.5 Å². The van der Waals surface area contributed by atoms with E-state index in [0.29, 0.717) is 6.54 Å². The van der Waals surface area contributed by atoms with Crippen LogP contribution in [0.25, 0.3) is 10.2 Å². The van der Waals surface area contributed by atoms with Crippen LogP contribution in [0, 0.1) is 5.92 Å². The van der Waals surface area contributed by atoms with E-state index in [4.69, 9.17) is 0 Å². The van der Waals surface area contributed by atoms with Gasteiger partial charge in [-0.3, -0.25) is 4.79 Å². The zero-order chi connectivity index (χ0) is 12.4. The van der Waals surface area contributed by atoms with Gasteiger partial charge in [-0.15, -0.1) is 11.3 Å². The Labute approximate surface area is 109 Å². The monoisotopic (exact) mass is 261 g/mol. The molecule has 0 spiro atoms. The van der Waals surface area contributed by atoms with Gasteiger partial charge in [0.05, 0.1) is 22.3 Å². The van der Waals surface area contributed by atoms with E-state index in [-0.39, 0.29) is 5.91 Å². The molecule has 5 heteroatoms. The first-order valence-electron chi connectivity index (χ1n) is 6.15. The quantitative estimate of drug-likeness (QED) is 0.868. The Bertz CT molecular complexity index is 562. The maximum Gasteiger partial charge on any atom is 0.238 e. The lowest BCUT2D eigenvalue weighted by Gasteiger charge is -2.06. The first-order chi connectivity index (χ1) is 8.81. The van der Waals surface area contributed by atoms with Crippen molar-refractivity contribution in [1.82, 2.24) is 10.3 Å². The molecule has 0 radical (unpaired) electrons. The van der Waals surface area contributed by atoms with Crippen molar-refractivity contribution in [3.8, 4) is 0 Å². The molecule has 94 valence electrons. The maximum atomic E-state index is 11.7. The zero-order valence-electron chi connectivity index (χ0n) is 9.98. The average molecular weight is 261 g/mol. The van der Waals surface area contributed by atoms with E-state index >= 15 is 0 Å². The topological polar surface area (TPSA) is 54.0 Å². The van der Waals surface area contributed by atoms with Gasteiger partial charge in [-0.2, -0.15) is 0 Å². The van der Waals surface area contributed by atoms with Gasteiger partial charge >= 0.3 is 0 Å². The van der Waals surface area contributed by atoms with Crippen molar-refractivity contribution in [3.05, 3.63) is 23.7 Å². The minimum absolute atomic E-state index is 0.00484. The van der Waals surface area contributed by atoms with Crippen LogP contribution in [0.2, 0.25) is 0 Å². The van der Waals surface area contributed by atoms with E-state index in [1.54, 1.807) is 11.3 Å². The van der Waals surface area contributed by atoms with Gasteiger partial charge in [-0.25, -0.2) is 4.98 Å². The van der Waals surface area contributed by atoms with Crippen molar-refractivity contribution in [2.24, 2.45) is 5.92 Å². The number of nitrogens with one attached hydrogen (secondary N) is 2. The molecule has 1 amide bonds. The molecular weight excluding hydrogens is 246 g/mol. The third-order valence-corrected chi connectivity index (χ3v) is 3.84. The van der Waals surface area contributed by atoms with E-state index in [1.807, 2.05) is 23.7 Å². The molecule has 1 saturated carbocycles. The molecule has 2 N–H and O–H groups in total. The molecule has 1 aliphatic rings. The van der Waals surface area contributed by atoms with Gasteiger partial charge in [0, 0.05) is 5.69 Å². The Morgan fingerprint density at radius 3 is 3.17 bits per heavy atom. The Kier molecular flexibility index (Phi) is 3.25. The van der Waals surface area contributed by atoms with Crippen LogP contribution in [0.1, 0.15) is 12.8 Å². The molecule has 0 aliphatic heterocycles. The summed E-state index contributed by atoms with van der Waals surface area (Å²) in [5.41, 5.74) is 3.56. The molecule has 1 aromatic heterocycles. The number of fused-ring (bicyclic) bond motifs is 1. The number of nitrogens with zero attached hydrogens (tertiary/aromatic N) is 1. The number of aromatic nitrogens is 1. The Morgan fingerprint density at radius 1 is 1.44 bits per heavy atom. The number of hydrogen-bond donors (Lipinski definition) is 2. The largest absolute Gasteiger partial charge is 0.325 e. The lowest BCUT2D eigenvalue weighted by Crippen LogP contribution is -2.29. The molecule has 1 fully saturated rings. The van der Waals surface area contributed by atoms with Crippen molar-refractivity contribution >= 4 is 33.1 Å². The van der Waals surface area contributed by atoms with Gasteiger partial charge in [0.25, 0.3) is 0 Å². The summed E-state index contributed by atoms with van der Waals surface area (Å²) in [7, 11) is 0. The SMILES string of the molecule is O=C(CNCC1CC1)Nc1ccc2scnc2c1. The van der Waals surface area contributed by atoms with Crippen molar-refractivity contribution in [2.45, 2.75) is 12.8 Å². The standard InChI is InChI=1S/C13H15N3OS/c17-13(7-14-6-9-1-2-9)16-10-3-4-12-11(5-10)15-8-18-12/h3-5,8-9,14H,1-2,6-7H2,(H,16,17). The van der Waals surface area contributed by atoms with Gasteiger partial charge in [0.2, 0.25) is 5.91 Å². The minimum atomic E-state index is 0.00484. The summed E-state index contributed by atoms with van der Waals surface area (Å²) in [4.78, 5) is 15.9. The third kappa shape index (κ3) is 2.86. The predicted octanol–water partition coefficient (Wildman–Crippen LogP) is 2.23. The van der Waals surface area contributed by atoms with Crippen molar-refractivity contribution in [3.63, 3.8) is 0 Å². The number of amides is 1. The van der Waals surface area contributed by atoms with Crippen LogP contribution in [0.5, 0.6) is 0 Å². The van der Waals surface area contributed by atoms with Crippen LogP contribution >= 0.6 is 11.3 Å². The number of carbonyl (C=O) groups excluding carboxylic acids is 1. The van der Waals surface area contributed by atoms with Crippen LogP contribution in [0.15, 0.2) is 23.7 Å². The lowest BCUT2D eigenvalue weighted by molar-refractivity contribution is -0.115. The number of anilines is 1. The van der Waals surface area contributed by atoms with Gasteiger partial charge in [0.1, 0.15) is 0 Å². The lowest BCUT2D eigenvalue weighted by atomic mass is 10.3. The van der Waals surface area contributed by atoms with E-state index in [2.05, 4.69) is 15.6 Å². The van der Waals surface area contributed by atoms with Crippen LogP contribution in [-0.4, -0.2) is 24.0 Å². The Balaban J connectivity index is 1.55. The van der Waals surface area contributed by atoms with Gasteiger partial charge in [-0.1, -0.05) is 0 Å². The van der Waals surface area contributed by atoms with E-state index in [9.17, 15) is 4.79 Å². The molecule has 2 aromatic rings. The fourth-order valence-electron chi connectivity index (χ4n) is 1.85. The van der Waals surface area contributed by atoms with Crippen LogP contribution in [0.3, 0.4) is 0 Å². The molecule has 1 aliphatic carbocycles. The molecule has 18 heavy (non-hydrogen) atoms. The Hall–Kier alpha value is -1.46. The molecule has 1 aromatic carbocycles. The van der Waals surface area contributed by atoms with Crippen LogP contribution in [0.4, 0.5) is 5.69 Å². The number of carbonyl (C=O) groups is 1. The van der Waals surface area contributed by atoms with Crippen molar-refractivity contribution < 1.29 is 4.79 Å². The molecule has 1 heterocycles.